The maximum Gasteiger partial charge on any atom is 0.191 e. The summed E-state index contributed by atoms with van der Waals surface area (Å²) < 4.78 is 33.7. The topological polar surface area (TPSA) is 48.9 Å². The van der Waals surface area contributed by atoms with Gasteiger partial charge in [0.15, 0.2) is 5.96 Å². The van der Waals surface area contributed by atoms with Crippen LogP contribution in [0.4, 0.5) is 14.5 Å². The molecule has 0 saturated carbocycles. The van der Waals surface area contributed by atoms with Crippen LogP contribution in [0.2, 0.25) is 0 Å². The maximum absolute atomic E-state index is 14.6. The Bertz CT molecular complexity index is 872. The zero-order valence-electron chi connectivity index (χ0n) is 17.5. The Morgan fingerprint density at radius 1 is 1.13 bits per heavy atom. The zero-order chi connectivity index (χ0) is 20.8. The number of ether oxygens (including phenoxy) is 1. The standard InChI is InChI=1S/C22H28F2N4O.HI/c1-15-4-6-18(13-19(15)23)16(2)27-22(25-3)26-14-17-5-7-21(20(24)12-17)28-8-10-29-11-9-28;/h4-7,12-13,16H,8-11,14H2,1-3H3,(H2,25,26,27);1H. The molecule has 0 spiro atoms. The quantitative estimate of drug-likeness (QED) is 0.347. The third-order valence-corrected chi connectivity index (χ3v) is 5.10. The summed E-state index contributed by atoms with van der Waals surface area (Å²) in [6.45, 7) is 6.73. The van der Waals surface area contributed by atoms with Gasteiger partial charge in [0.1, 0.15) is 11.6 Å². The minimum atomic E-state index is -0.238. The predicted octanol–water partition coefficient (Wildman–Crippen LogP) is 4.15. The maximum atomic E-state index is 14.6. The van der Waals surface area contributed by atoms with Crippen molar-refractivity contribution < 1.29 is 13.5 Å². The highest BCUT2D eigenvalue weighted by atomic mass is 127. The van der Waals surface area contributed by atoms with Gasteiger partial charge < -0.3 is 20.3 Å². The fraction of sp³-hybridized carbons (Fsp3) is 0.409. The van der Waals surface area contributed by atoms with Crippen LogP contribution in [0.5, 0.6) is 0 Å². The molecule has 5 nitrogen and oxygen atoms in total. The molecule has 30 heavy (non-hydrogen) atoms. The Kier molecular flexibility index (Phi) is 9.29. The van der Waals surface area contributed by atoms with E-state index in [4.69, 9.17) is 4.74 Å². The van der Waals surface area contributed by atoms with Gasteiger partial charge >= 0.3 is 0 Å². The molecule has 0 amide bonds. The van der Waals surface area contributed by atoms with Crippen molar-refractivity contribution in [2.24, 2.45) is 4.99 Å². The van der Waals surface area contributed by atoms with Gasteiger partial charge in [-0.15, -0.1) is 24.0 Å². The third-order valence-electron chi connectivity index (χ3n) is 5.10. The first kappa shape index (κ1) is 24.3. The van der Waals surface area contributed by atoms with Crippen LogP contribution in [0.1, 0.15) is 29.7 Å². The first-order chi connectivity index (χ1) is 14.0. The molecule has 1 heterocycles. The number of anilines is 1. The molecule has 2 N–H and O–H groups in total. The van der Waals surface area contributed by atoms with Crippen LogP contribution in [0.25, 0.3) is 0 Å². The molecule has 2 aromatic carbocycles. The molecule has 2 aromatic rings. The van der Waals surface area contributed by atoms with Crippen LogP contribution < -0.4 is 15.5 Å². The van der Waals surface area contributed by atoms with Crippen LogP contribution >= 0.6 is 24.0 Å². The highest BCUT2D eigenvalue weighted by molar-refractivity contribution is 14.0. The van der Waals surface area contributed by atoms with Crippen LogP contribution in [0.15, 0.2) is 41.4 Å². The van der Waals surface area contributed by atoms with Crippen molar-refractivity contribution in [3.63, 3.8) is 0 Å². The van der Waals surface area contributed by atoms with Crippen molar-refractivity contribution in [1.29, 1.82) is 0 Å². The Hall–Kier alpha value is -1.94. The summed E-state index contributed by atoms with van der Waals surface area (Å²) in [4.78, 5) is 6.21. The molecule has 1 fully saturated rings. The van der Waals surface area contributed by atoms with Crippen molar-refractivity contribution in [1.82, 2.24) is 10.6 Å². The summed E-state index contributed by atoms with van der Waals surface area (Å²) in [5, 5.41) is 6.42. The van der Waals surface area contributed by atoms with Gasteiger partial charge in [-0.2, -0.15) is 0 Å². The lowest BCUT2D eigenvalue weighted by molar-refractivity contribution is 0.122. The van der Waals surface area contributed by atoms with Gasteiger partial charge in [-0.25, -0.2) is 8.78 Å². The number of hydrogen-bond donors (Lipinski definition) is 2. The normalized spacial score (nSPS) is 15.4. The number of halogens is 3. The van der Waals surface area contributed by atoms with E-state index in [1.807, 2.05) is 30.0 Å². The van der Waals surface area contributed by atoms with Crippen LogP contribution in [-0.4, -0.2) is 39.3 Å². The second-order valence-electron chi connectivity index (χ2n) is 7.19. The fourth-order valence-corrected chi connectivity index (χ4v) is 3.27. The molecule has 1 atom stereocenters. The van der Waals surface area contributed by atoms with E-state index < -0.39 is 0 Å². The number of aryl methyl sites for hydroxylation is 1. The number of benzene rings is 2. The highest BCUT2D eigenvalue weighted by Crippen LogP contribution is 2.21. The van der Waals surface area contributed by atoms with Gasteiger partial charge in [0, 0.05) is 26.7 Å². The molecule has 0 bridgehead atoms. The Labute approximate surface area is 193 Å². The summed E-state index contributed by atoms with van der Waals surface area (Å²) in [6, 6.07) is 10.3. The molecule has 0 aromatic heterocycles. The smallest absolute Gasteiger partial charge is 0.191 e. The molecule has 8 heteroatoms. The number of guanidine groups is 1. The summed E-state index contributed by atoms with van der Waals surface area (Å²) in [5.41, 5.74) is 2.87. The minimum absolute atomic E-state index is 0. The lowest BCUT2D eigenvalue weighted by Crippen LogP contribution is -2.38. The van der Waals surface area contributed by atoms with Gasteiger partial charge in [-0.3, -0.25) is 4.99 Å². The number of nitrogens with one attached hydrogen (secondary N) is 2. The number of aliphatic imine (C=N–C) groups is 1. The van der Waals surface area contributed by atoms with Crippen molar-refractivity contribution in [3.8, 4) is 0 Å². The number of morpholine rings is 1. The highest BCUT2D eigenvalue weighted by Gasteiger charge is 2.15. The second-order valence-corrected chi connectivity index (χ2v) is 7.19. The molecule has 3 rings (SSSR count). The number of rotatable bonds is 5. The predicted molar refractivity (Wildman–Crippen MR) is 128 cm³/mol. The Morgan fingerprint density at radius 2 is 1.87 bits per heavy atom. The van der Waals surface area contributed by atoms with E-state index in [0.29, 0.717) is 50.1 Å². The zero-order valence-corrected chi connectivity index (χ0v) is 19.9. The van der Waals surface area contributed by atoms with Gasteiger partial charge in [0.25, 0.3) is 0 Å². The molecule has 1 saturated heterocycles. The van der Waals surface area contributed by atoms with E-state index in [9.17, 15) is 8.78 Å². The summed E-state index contributed by atoms with van der Waals surface area (Å²) >= 11 is 0. The van der Waals surface area contributed by atoms with Crippen LogP contribution in [0, 0.1) is 18.6 Å². The van der Waals surface area contributed by atoms with E-state index in [-0.39, 0.29) is 41.7 Å². The lowest BCUT2D eigenvalue weighted by Gasteiger charge is -2.29. The van der Waals surface area contributed by atoms with Gasteiger partial charge in [-0.05, 0) is 48.7 Å². The van der Waals surface area contributed by atoms with Gasteiger partial charge in [0.2, 0.25) is 0 Å². The van der Waals surface area contributed by atoms with Crippen molar-refractivity contribution >= 4 is 35.6 Å². The molecular weight excluding hydrogens is 501 g/mol. The van der Waals surface area contributed by atoms with E-state index in [2.05, 4.69) is 15.6 Å². The van der Waals surface area contributed by atoms with Crippen LogP contribution in [-0.2, 0) is 11.3 Å². The van der Waals surface area contributed by atoms with Crippen molar-refractivity contribution in [2.75, 3.05) is 38.3 Å². The molecular formula is C22H29F2IN4O. The first-order valence-corrected chi connectivity index (χ1v) is 9.82. The first-order valence-electron chi connectivity index (χ1n) is 9.82. The molecule has 0 radical (unpaired) electrons. The number of hydrogen-bond acceptors (Lipinski definition) is 3. The second kappa shape index (κ2) is 11.5. The average Bonchev–Trinajstić information content (AvgIpc) is 2.73. The van der Waals surface area contributed by atoms with Gasteiger partial charge in [0.05, 0.1) is 24.9 Å². The summed E-state index contributed by atoms with van der Waals surface area (Å²) in [6.07, 6.45) is 0. The minimum Gasteiger partial charge on any atom is -0.378 e. The van der Waals surface area contributed by atoms with E-state index in [1.54, 1.807) is 26.1 Å². The van der Waals surface area contributed by atoms with E-state index in [1.165, 1.54) is 6.07 Å². The van der Waals surface area contributed by atoms with Crippen molar-refractivity contribution in [3.05, 3.63) is 64.7 Å². The Balaban J connectivity index is 0.00000320. The van der Waals surface area contributed by atoms with Gasteiger partial charge in [-0.1, -0.05) is 18.2 Å². The largest absolute Gasteiger partial charge is 0.378 e. The Morgan fingerprint density at radius 3 is 2.50 bits per heavy atom. The van der Waals surface area contributed by atoms with E-state index >= 15 is 0 Å². The molecule has 1 aliphatic heterocycles. The molecule has 0 aliphatic carbocycles. The SMILES string of the molecule is CN=C(NCc1ccc(N2CCOCC2)c(F)c1)NC(C)c1ccc(C)c(F)c1.I. The fourth-order valence-electron chi connectivity index (χ4n) is 3.27. The average molecular weight is 530 g/mol. The monoisotopic (exact) mass is 530 g/mol. The lowest BCUT2D eigenvalue weighted by atomic mass is 10.1. The molecule has 1 aliphatic rings. The van der Waals surface area contributed by atoms with Crippen molar-refractivity contribution in [2.45, 2.75) is 26.4 Å². The molecule has 164 valence electrons. The summed E-state index contributed by atoms with van der Waals surface area (Å²) in [5.74, 6) is 0.101. The summed E-state index contributed by atoms with van der Waals surface area (Å²) in [7, 11) is 1.67. The molecule has 1 unspecified atom stereocenters. The van der Waals surface area contributed by atoms with E-state index in [0.717, 1.165) is 11.1 Å². The number of nitrogens with zero attached hydrogens (tertiary/aromatic N) is 2. The third kappa shape index (κ3) is 6.28. The van der Waals surface area contributed by atoms with Crippen LogP contribution in [0.3, 0.4) is 0 Å².